The zero-order valence-electron chi connectivity index (χ0n) is 22.1. The topological polar surface area (TPSA) is 36.9 Å². The monoisotopic (exact) mass is 558 g/mol. The first-order valence-electron chi connectivity index (χ1n) is 12.7. The van der Waals surface area contributed by atoms with Crippen LogP contribution in [0.5, 0.6) is 0 Å². The Labute approximate surface area is 224 Å². The van der Waals surface area contributed by atoms with Gasteiger partial charge in [-0.2, -0.15) is 24.3 Å². The quantitative estimate of drug-likeness (QED) is 0.272. The predicted octanol–water partition coefficient (Wildman–Crippen LogP) is 5.64. The smallest absolute Gasteiger partial charge is 0.344 e. The van der Waals surface area contributed by atoms with Gasteiger partial charge in [0.25, 0.3) is 0 Å². The molecule has 8 atom stereocenters. The number of rotatable bonds is 2. The zero-order valence-corrected chi connectivity index (χ0v) is 25.0. The van der Waals surface area contributed by atoms with Crippen molar-refractivity contribution in [2.45, 2.75) is 114 Å². The van der Waals surface area contributed by atoms with Crippen molar-refractivity contribution in [1.82, 2.24) is 0 Å². The van der Waals surface area contributed by atoms with Crippen LogP contribution in [0.25, 0.3) is 0 Å². The molecule has 6 rings (SSSR count). The first kappa shape index (κ1) is 27.9. The van der Waals surface area contributed by atoms with Crippen LogP contribution in [0.15, 0.2) is 48.5 Å². The van der Waals surface area contributed by atoms with Gasteiger partial charge in [-0.25, -0.2) is 24.3 Å². The molecule has 0 aromatic heterocycles. The average molecular weight is 558 g/mol. The van der Waals surface area contributed by atoms with E-state index in [4.69, 9.17) is 18.9 Å². The van der Waals surface area contributed by atoms with Gasteiger partial charge < -0.3 is 18.9 Å². The molecule has 0 bridgehead atoms. The second-order valence-corrected chi connectivity index (χ2v) is 17.1. The summed E-state index contributed by atoms with van der Waals surface area (Å²) in [6.45, 7) is 17.4. The minimum Gasteiger partial charge on any atom is -0.344 e. The van der Waals surface area contributed by atoms with Crippen LogP contribution in [-0.2, 0) is 36.0 Å². The second-order valence-electron chi connectivity index (χ2n) is 11.2. The number of ether oxygens (including phenoxy) is 4. The molecular weight excluding hydrogens is 518 g/mol. The van der Waals surface area contributed by atoms with Crippen LogP contribution in [-0.4, -0.2) is 58.6 Å². The van der Waals surface area contributed by atoms with E-state index in [2.05, 4.69) is 76.2 Å². The molecule has 0 radical (unpaired) electrons. The third-order valence-electron chi connectivity index (χ3n) is 7.87. The summed E-state index contributed by atoms with van der Waals surface area (Å²) in [6.07, 6.45) is 1.11. The van der Waals surface area contributed by atoms with Crippen LogP contribution in [0.3, 0.4) is 0 Å². The first-order valence-corrected chi connectivity index (χ1v) is 15.7. The summed E-state index contributed by atoms with van der Waals surface area (Å²) >= 11 is 0. The molecule has 7 heteroatoms. The third-order valence-corrected chi connectivity index (χ3v) is 14.3. The van der Waals surface area contributed by atoms with E-state index in [1.54, 1.807) is 0 Å². The Hall–Kier alpha value is -0.0805. The van der Waals surface area contributed by atoms with Gasteiger partial charge in [0.2, 0.25) is 0 Å². The summed E-state index contributed by atoms with van der Waals surface area (Å²) in [5.74, 6) is -0.795. The Morgan fingerprint density at radius 3 is 1.11 bits per heavy atom. The van der Waals surface area contributed by atoms with Gasteiger partial charge >= 0.3 is 17.1 Å². The van der Waals surface area contributed by atoms with Gasteiger partial charge in [-0.3, -0.25) is 0 Å². The van der Waals surface area contributed by atoms with Crippen LogP contribution in [0.2, 0.25) is 0 Å². The van der Waals surface area contributed by atoms with Crippen LogP contribution < -0.4 is 10.6 Å². The molecule has 35 heavy (non-hydrogen) atoms. The standard InChI is InChI=1S/2C14H20O2P.Fe/c2*1-9-12-13(16-14(3,4)15-12)10(2)17(9)11-7-5-6-8-11;/h2*5-10,12-13H,1-4H3;/q2*-1;+2/t2*9-,10-,12+,13+;/m00./s1. The molecule has 4 nitrogen and oxygen atoms in total. The molecule has 4 aliphatic heterocycles. The van der Waals surface area contributed by atoms with Crippen LogP contribution in [0, 0.1) is 0 Å². The van der Waals surface area contributed by atoms with E-state index in [9.17, 15) is 0 Å². The van der Waals surface area contributed by atoms with Crippen molar-refractivity contribution in [3.63, 3.8) is 0 Å². The molecule has 0 spiro atoms. The molecular formula is C28H40FeO4P2. The Bertz CT molecular complexity index is 842. The minimum absolute atomic E-state index is 0. The van der Waals surface area contributed by atoms with Crippen molar-refractivity contribution < 1.29 is 36.0 Å². The summed E-state index contributed by atoms with van der Waals surface area (Å²) in [5.41, 5.74) is 2.37. The zero-order chi connectivity index (χ0) is 24.4. The van der Waals surface area contributed by atoms with Gasteiger partial charge in [0, 0.05) is 22.6 Å². The molecule has 2 aromatic carbocycles. The summed E-state index contributed by atoms with van der Waals surface area (Å²) < 4.78 is 24.3. The molecule has 0 N–H and O–H groups in total. The van der Waals surface area contributed by atoms with Gasteiger partial charge in [0.15, 0.2) is 11.6 Å². The predicted molar refractivity (Wildman–Crippen MR) is 143 cm³/mol. The van der Waals surface area contributed by atoms with Gasteiger partial charge in [-0.15, -0.1) is 10.6 Å². The SMILES string of the molecule is C[C@H]1[C@H]2OC(C)(C)O[C@@H]2[C@H](C)P1c1ccc[cH-]1.C[C@H]1[C@H]2OC(C)(C)O[C@@H]2[C@H](C)P1c1ccc[cH-]1.[Fe+2]. The van der Waals surface area contributed by atoms with E-state index in [1.807, 2.05) is 27.7 Å². The van der Waals surface area contributed by atoms with E-state index in [-0.39, 0.29) is 57.3 Å². The molecule has 0 amide bonds. The fourth-order valence-corrected chi connectivity index (χ4v) is 13.1. The van der Waals surface area contributed by atoms with Crippen molar-refractivity contribution in [2.75, 3.05) is 0 Å². The Morgan fingerprint density at radius 2 is 0.886 bits per heavy atom. The summed E-state index contributed by atoms with van der Waals surface area (Å²) in [5, 5.41) is 3.00. The van der Waals surface area contributed by atoms with Gasteiger partial charge in [0.1, 0.15) is 0 Å². The van der Waals surface area contributed by atoms with Crippen LogP contribution in [0.4, 0.5) is 0 Å². The third kappa shape index (κ3) is 5.15. The fourth-order valence-electron chi connectivity index (χ4n) is 6.51. The molecule has 2 aromatic rings. The number of hydrogen-bond donors (Lipinski definition) is 0. The van der Waals surface area contributed by atoms with Gasteiger partial charge in [-0.05, 0) is 27.7 Å². The van der Waals surface area contributed by atoms with Crippen LogP contribution in [0.1, 0.15) is 55.4 Å². The van der Waals surface area contributed by atoms with Crippen LogP contribution >= 0.6 is 15.8 Å². The van der Waals surface area contributed by atoms with Gasteiger partial charge in [-0.1, -0.05) is 43.5 Å². The Morgan fingerprint density at radius 1 is 0.600 bits per heavy atom. The van der Waals surface area contributed by atoms with Crippen molar-refractivity contribution in [2.24, 2.45) is 0 Å². The molecule has 0 aliphatic carbocycles. The van der Waals surface area contributed by atoms with E-state index < -0.39 is 11.6 Å². The molecule has 4 fully saturated rings. The molecule has 0 unspecified atom stereocenters. The summed E-state index contributed by atoms with van der Waals surface area (Å²) in [7, 11) is -0.301. The van der Waals surface area contributed by atoms with E-state index in [1.165, 1.54) is 10.6 Å². The van der Waals surface area contributed by atoms with Gasteiger partial charge in [0.05, 0.1) is 24.4 Å². The van der Waals surface area contributed by atoms with Crippen molar-refractivity contribution in [3.05, 3.63) is 48.5 Å². The largest absolute Gasteiger partial charge is 2.00 e. The summed E-state index contributed by atoms with van der Waals surface area (Å²) in [4.78, 5) is 0. The molecule has 194 valence electrons. The maximum atomic E-state index is 6.08. The molecule has 0 saturated carbocycles. The Balaban J connectivity index is 0.000000160. The van der Waals surface area contributed by atoms with Crippen molar-refractivity contribution >= 4 is 26.5 Å². The first-order chi connectivity index (χ1) is 16.0. The fraction of sp³-hybridized carbons (Fsp3) is 0.643. The second kappa shape index (κ2) is 10.2. The normalized spacial score (nSPS) is 42.6. The van der Waals surface area contributed by atoms with Crippen molar-refractivity contribution in [1.29, 1.82) is 0 Å². The van der Waals surface area contributed by atoms with E-state index in [0.29, 0.717) is 22.6 Å². The summed E-state index contributed by atoms with van der Waals surface area (Å²) in [6, 6.07) is 17.6. The number of hydrogen-bond acceptors (Lipinski definition) is 4. The molecule has 4 saturated heterocycles. The van der Waals surface area contributed by atoms with E-state index >= 15 is 0 Å². The maximum Gasteiger partial charge on any atom is 2.00 e. The minimum atomic E-state index is -0.398. The maximum absolute atomic E-state index is 6.08. The average Bonchev–Trinajstić information content (AvgIpc) is 3.56. The number of fused-ring (bicyclic) bond motifs is 2. The molecule has 4 aliphatic rings. The molecule has 4 heterocycles. The Kier molecular flexibility index (Phi) is 8.17. The van der Waals surface area contributed by atoms with E-state index in [0.717, 1.165) is 0 Å². The van der Waals surface area contributed by atoms with Crippen molar-refractivity contribution in [3.8, 4) is 0 Å².